The maximum absolute atomic E-state index is 4.70. The maximum Gasteiger partial charge on any atom is 0.132 e. The summed E-state index contributed by atoms with van der Waals surface area (Å²) in [7, 11) is 0. The van der Waals surface area contributed by atoms with Crippen LogP contribution in [0.25, 0.3) is 0 Å². The van der Waals surface area contributed by atoms with E-state index >= 15 is 0 Å². The number of hydrogen-bond acceptors (Lipinski definition) is 4. The van der Waals surface area contributed by atoms with Crippen molar-refractivity contribution >= 4 is 5.82 Å². The quantitative estimate of drug-likeness (QED) is 0.916. The normalized spacial score (nSPS) is 15.3. The third kappa shape index (κ3) is 3.33. The van der Waals surface area contributed by atoms with Gasteiger partial charge in [-0.15, -0.1) is 0 Å². The molecule has 0 atom stereocenters. The molecule has 0 amide bonds. The van der Waals surface area contributed by atoms with Gasteiger partial charge in [0.15, 0.2) is 0 Å². The molecule has 20 heavy (non-hydrogen) atoms. The molecule has 2 heterocycles. The van der Waals surface area contributed by atoms with Crippen molar-refractivity contribution < 1.29 is 0 Å². The molecule has 1 saturated heterocycles. The first-order valence-corrected chi connectivity index (χ1v) is 7.23. The van der Waals surface area contributed by atoms with Crippen molar-refractivity contribution in [3.8, 4) is 0 Å². The lowest BCUT2D eigenvalue weighted by atomic mass is 10.1. The number of nitrogens with one attached hydrogen (secondary N) is 1. The van der Waals surface area contributed by atoms with Gasteiger partial charge in [-0.05, 0) is 18.1 Å². The van der Waals surface area contributed by atoms with Crippen molar-refractivity contribution in [1.29, 1.82) is 0 Å². The van der Waals surface area contributed by atoms with E-state index in [1.165, 1.54) is 5.56 Å². The van der Waals surface area contributed by atoms with Crippen LogP contribution in [0.15, 0.2) is 42.6 Å². The lowest BCUT2D eigenvalue weighted by molar-refractivity contribution is 0.583. The lowest BCUT2D eigenvalue weighted by Crippen LogP contribution is -2.44. The zero-order valence-corrected chi connectivity index (χ0v) is 11.6. The van der Waals surface area contributed by atoms with Gasteiger partial charge in [0.25, 0.3) is 0 Å². The first kappa shape index (κ1) is 13.1. The van der Waals surface area contributed by atoms with E-state index in [9.17, 15) is 0 Å². The molecule has 1 aliphatic rings. The van der Waals surface area contributed by atoms with Crippen molar-refractivity contribution in [3.05, 3.63) is 54.0 Å². The SMILES string of the molecule is c1ccc(CCc2nccc(N3CCNCC3)n2)cc1. The molecule has 0 bridgehead atoms. The Hall–Kier alpha value is -1.94. The Morgan fingerprint density at radius 3 is 2.60 bits per heavy atom. The summed E-state index contributed by atoms with van der Waals surface area (Å²) >= 11 is 0. The van der Waals surface area contributed by atoms with Crippen LogP contribution in [0.4, 0.5) is 5.82 Å². The molecule has 3 rings (SSSR count). The smallest absolute Gasteiger partial charge is 0.132 e. The number of anilines is 1. The van der Waals surface area contributed by atoms with Crippen molar-refractivity contribution in [3.63, 3.8) is 0 Å². The molecule has 0 unspecified atom stereocenters. The molecule has 104 valence electrons. The van der Waals surface area contributed by atoms with Crippen LogP contribution in [0.3, 0.4) is 0 Å². The average molecular weight is 268 g/mol. The molecule has 0 aliphatic carbocycles. The summed E-state index contributed by atoms with van der Waals surface area (Å²) in [5.74, 6) is 1.99. The van der Waals surface area contributed by atoms with Gasteiger partial charge in [-0.3, -0.25) is 0 Å². The summed E-state index contributed by atoms with van der Waals surface area (Å²) in [6.07, 6.45) is 3.76. The summed E-state index contributed by atoms with van der Waals surface area (Å²) in [4.78, 5) is 11.4. The van der Waals surface area contributed by atoms with E-state index in [1.54, 1.807) is 0 Å². The van der Waals surface area contributed by atoms with Crippen LogP contribution in [-0.4, -0.2) is 36.1 Å². The van der Waals surface area contributed by atoms with Crippen molar-refractivity contribution in [1.82, 2.24) is 15.3 Å². The zero-order chi connectivity index (χ0) is 13.6. The Bertz CT molecular complexity index is 535. The van der Waals surface area contributed by atoms with Gasteiger partial charge in [0.2, 0.25) is 0 Å². The second kappa shape index (κ2) is 6.48. The van der Waals surface area contributed by atoms with Gasteiger partial charge in [-0.2, -0.15) is 0 Å². The molecule has 1 aliphatic heterocycles. The van der Waals surface area contributed by atoms with Gasteiger partial charge in [0.1, 0.15) is 11.6 Å². The molecule has 1 aromatic carbocycles. The Labute approximate surface area is 119 Å². The Balaban J connectivity index is 1.65. The second-order valence-electron chi connectivity index (χ2n) is 5.05. The fraction of sp³-hybridized carbons (Fsp3) is 0.375. The third-order valence-electron chi connectivity index (χ3n) is 3.61. The van der Waals surface area contributed by atoms with Gasteiger partial charge in [-0.25, -0.2) is 9.97 Å². The van der Waals surface area contributed by atoms with Crippen molar-refractivity contribution in [2.75, 3.05) is 31.1 Å². The highest BCUT2D eigenvalue weighted by atomic mass is 15.2. The Kier molecular flexibility index (Phi) is 4.23. The summed E-state index contributed by atoms with van der Waals surface area (Å²) in [6, 6.07) is 12.5. The zero-order valence-electron chi connectivity index (χ0n) is 11.6. The number of nitrogens with zero attached hydrogens (tertiary/aromatic N) is 3. The second-order valence-corrected chi connectivity index (χ2v) is 5.05. The maximum atomic E-state index is 4.70. The number of aryl methyl sites for hydroxylation is 2. The standard InChI is InChI=1S/C16H20N4/c1-2-4-14(5-3-1)6-7-15-18-9-8-16(19-15)20-12-10-17-11-13-20/h1-5,8-9,17H,6-7,10-13H2. The molecule has 1 fully saturated rings. The Morgan fingerprint density at radius 2 is 1.80 bits per heavy atom. The summed E-state index contributed by atoms with van der Waals surface area (Å²) < 4.78 is 0. The van der Waals surface area contributed by atoms with Crippen LogP contribution >= 0.6 is 0 Å². The van der Waals surface area contributed by atoms with Gasteiger partial charge in [-0.1, -0.05) is 30.3 Å². The molecule has 4 heteroatoms. The predicted octanol–water partition coefficient (Wildman–Crippen LogP) is 1.67. The fourth-order valence-electron chi connectivity index (χ4n) is 2.48. The number of aromatic nitrogens is 2. The van der Waals surface area contributed by atoms with Crippen LogP contribution in [0.1, 0.15) is 11.4 Å². The topological polar surface area (TPSA) is 41.1 Å². The molecule has 1 N–H and O–H groups in total. The van der Waals surface area contributed by atoms with E-state index in [0.29, 0.717) is 0 Å². The first-order valence-electron chi connectivity index (χ1n) is 7.23. The van der Waals surface area contributed by atoms with Crippen LogP contribution in [0.5, 0.6) is 0 Å². The fourth-order valence-corrected chi connectivity index (χ4v) is 2.48. The van der Waals surface area contributed by atoms with Gasteiger partial charge < -0.3 is 10.2 Å². The molecule has 0 radical (unpaired) electrons. The predicted molar refractivity (Wildman–Crippen MR) is 81.0 cm³/mol. The third-order valence-corrected chi connectivity index (χ3v) is 3.61. The minimum Gasteiger partial charge on any atom is -0.354 e. The molecular weight excluding hydrogens is 248 g/mol. The Morgan fingerprint density at radius 1 is 1.00 bits per heavy atom. The highest BCUT2D eigenvalue weighted by molar-refractivity contribution is 5.38. The van der Waals surface area contributed by atoms with E-state index in [0.717, 1.165) is 50.7 Å². The van der Waals surface area contributed by atoms with Gasteiger partial charge >= 0.3 is 0 Å². The monoisotopic (exact) mass is 268 g/mol. The average Bonchev–Trinajstić information content (AvgIpc) is 2.55. The van der Waals surface area contributed by atoms with E-state index in [-0.39, 0.29) is 0 Å². The molecule has 0 spiro atoms. The van der Waals surface area contributed by atoms with E-state index < -0.39 is 0 Å². The molecule has 0 saturated carbocycles. The van der Waals surface area contributed by atoms with E-state index in [4.69, 9.17) is 4.98 Å². The largest absolute Gasteiger partial charge is 0.354 e. The molecule has 1 aromatic heterocycles. The minimum absolute atomic E-state index is 0.893. The van der Waals surface area contributed by atoms with Crippen LogP contribution in [-0.2, 0) is 12.8 Å². The van der Waals surface area contributed by atoms with Gasteiger partial charge in [0.05, 0.1) is 0 Å². The van der Waals surface area contributed by atoms with Crippen LogP contribution in [0, 0.1) is 0 Å². The van der Waals surface area contributed by atoms with Crippen LogP contribution < -0.4 is 10.2 Å². The number of benzene rings is 1. The van der Waals surface area contributed by atoms with Gasteiger partial charge in [0, 0.05) is 38.8 Å². The highest BCUT2D eigenvalue weighted by Crippen LogP contribution is 2.12. The van der Waals surface area contributed by atoms with E-state index in [2.05, 4.69) is 39.5 Å². The van der Waals surface area contributed by atoms with Crippen LogP contribution in [0.2, 0.25) is 0 Å². The minimum atomic E-state index is 0.893. The molecule has 4 nitrogen and oxygen atoms in total. The van der Waals surface area contributed by atoms with Crippen molar-refractivity contribution in [2.24, 2.45) is 0 Å². The highest BCUT2D eigenvalue weighted by Gasteiger charge is 2.12. The summed E-state index contributed by atoms with van der Waals surface area (Å²) in [6.45, 7) is 4.11. The number of rotatable bonds is 4. The summed E-state index contributed by atoms with van der Waals surface area (Å²) in [5, 5.41) is 3.36. The lowest BCUT2D eigenvalue weighted by Gasteiger charge is -2.28. The molecular formula is C16H20N4. The van der Waals surface area contributed by atoms with Crippen molar-refractivity contribution in [2.45, 2.75) is 12.8 Å². The first-order chi connectivity index (χ1) is 9.92. The number of piperazine rings is 1. The number of hydrogen-bond donors (Lipinski definition) is 1. The summed E-state index contributed by atoms with van der Waals surface area (Å²) in [5.41, 5.74) is 1.34. The van der Waals surface area contributed by atoms with E-state index in [1.807, 2.05) is 18.3 Å². The molecule has 2 aromatic rings.